The first kappa shape index (κ1) is 8.92. The second kappa shape index (κ2) is 4.01. The SMILES string of the molecule is CCOCc1nc(I)nn1C. The number of rotatable bonds is 3. The molecule has 0 amide bonds. The maximum atomic E-state index is 5.19. The highest BCUT2D eigenvalue weighted by Crippen LogP contribution is 2.00. The molecule has 0 radical (unpaired) electrons. The molecule has 62 valence electrons. The smallest absolute Gasteiger partial charge is 0.211 e. The van der Waals surface area contributed by atoms with Gasteiger partial charge >= 0.3 is 0 Å². The van der Waals surface area contributed by atoms with Crippen molar-refractivity contribution in [1.82, 2.24) is 14.8 Å². The summed E-state index contributed by atoms with van der Waals surface area (Å²) in [6, 6.07) is 0. The average molecular weight is 267 g/mol. The van der Waals surface area contributed by atoms with Crippen LogP contribution in [0.4, 0.5) is 0 Å². The molecule has 0 bridgehead atoms. The summed E-state index contributed by atoms with van der Waals surface area (Å²) in [7, 11) is 1.86. The molecule has 1 heterocycles. The largest absolute Gasteiger partial charge is 0.374 e. The molecule has 1 aromatic heterocycles. The Hall–Kier alpha value is -0.170. The standard InChI is InChI=1S/C6H10IN3O/c1-3-11-4-5-8-6(7)9-10(5)2/h3-4H2,1-2H3. The number of hydrogen-bond acceptors (Lipinski definition) is 3. The van der Waals surface area contributed by atoms with Crippen LogP contribution in [0.25, 0.3) is 0 Å². The van der Waals surface area contributed by atoms with Crippen LogP contribution in [-0.2, 0) is 18.4 Å². The molecule has 0 aromatic carbocycles. The second-order valence-corrected chi connectivity index (χ2v) is 3.02. The van der Waals surface area contributed by atoms with Gasteiger partial charge in [0.05, 0.1) is 0 Å². The van der Waals surface area contributed by atoms with E-state index >= 15 is 0 Å². The number of nitrogens with zero attached hydrogens (tertiary/aromatic N) is 3. The molecule has 1 aromatic rings. The van der Waals surface area contributed by atoms with Crippen molar-refractivity contribution >= 4 is 22.6 Å². The Kier molecular flexibility index (Phi) is 3.25. The van der Waals surface area contributed by atoms with Gasteiger partial charge in [-0.05, 0) is 6.92 Å². The Morgan fingerprint density at radius 1 is 1.64 bits per heavy atom. The Labute approximate surface area is 79.1 Å². The number of hydrogen-bond donors (Lipinski definition) is 0. The van der Waals surface area contributed by atoms with E-state index in [2.05, 4.69) is 32.7 Å². The predicted molar refractivity (Wildman–Crippen MR) is 49.1 cm³/mol. The Balaban J connectivity index is 2.62. The molecule has 0 saturated heterocycles. The van der Waals surface area contributed by atoms with E-state index in [-0.39, 0.29) is 0 Å². The summed E-state index contributed by atoms with van der Waals surface area (Å²) in [5.74, 6) is 0.872. The molecule has 0 aliphatic rings. The van der Waals surface area contributed by atoms with E-state index in [0.29, 0.717) is 13.2 Å². The Morgan fingerprint density at radius 2 is 2.36 bits per heavy atom. The lowest BCUT2D eigenvalue weighted by Gasteiger charge is -1.98. The van der Waals surface area contributed by atoms with Crippen molar-refractivity contribution in [3.05, 3.63) is 9.66 Å². The minimum atomic E-state index is 0.545. The monoisotopic (exact) mass is 267 g/mol. The van der Waals surface area contributed by atoms with Crippen molar-refractivity contribution in [3.8, 4) is 0 Å². The van der Waals surface area contributed by atoms with Crippen molar-refractivity contribution in [2.45, 2.75) is 13.5 Å². The third kappa shape index (κ3) is 2.41. The quantitative estimate of drug-likeness (QED) is 0.766. The Bertz CT molecular complexity index is 236. The van der Waals surface area contributed by atoms with Gasteiger partial charge in [-0.3, -0.25) is 0 Å². The summed E-state index contributed by atoms with van der Waals surface area (Å²) in [4.78, 5) is 4.16. The molecule has 5 heteroatoms. The zero-order valence-corrected chi connectivity index (χ0v) is 8.70. The summed E-state index contributed by atoms with van der Waals surface area (Å²) in [6.07, 6.45) is 0. The summed E-state index contributed by atoms with van der Waals surface area (Å²) < 4.78 is 7.68. The normalized spacial score (nSPS) is 10.5. The zero-order valence-electron chi connectivity index (χ0n) is 6.54. The lowest BCUT2D eigenvalue weighted by atomic mass is 10.6. The zero-order chi connectivity index (χ0) is 8.27. The van der Waals surface area contributed by atoms with Crippen molar-refractivity contribution < 1.29 is 4.74 Å². The molecule has 0 unspecified atom stereocenters. The van der Waals surface area contributed by atoms with Crippen LogP contribution in [0, 0.1) is 3.83 Å². The van der Waals surface area contributed by atoms with Gasteiger partial charge in [0.25, 0.3) is 0 Å². The van der Waals surface area contributed by atoms with Gasteiger partial charge in [0.15, 0.2) is 5.82 Å². The van der Waals surface area contributed by atoms with E-state index < -0.39 is 0 Å². The second-order valence-electron chi connectivity index (χ2n) is 2.06. The van der Waals surface area contributed by atoms with Crippen LogP contribution in [0.15, 0.2) is 0 Å². The van der Waals surface area contributed by atoms with Crippen LogP contribution in [-0.4, -0.2) is 21.4 Å². The molecule has 1 rings (SSSR count). The Morgan fingerprint density at radius 3 is 2.82 bits per heavy atom. The van der Waals surface area contributed by atoms with Gasteiger partial charge in [-0.2, -0.15) is 0 Å². The number of halogens is 1. The van der Waals surface area contributed by atoms with Crippen LogP contribution < -0.4 is 0 Å². The van der Waals surface area contributed by atoms with Gasteiger partial charge in [-0.1, -0.05) is 0 Å². The molecule has 11 heavy (non-hydrogen) atoms. The molecular formula is C6H10IN3O. The maximum absolute atomic E-state index is 5.19. The van der Waals surface area contributed by atoms with Crippen molar-refractivity contribution in [2.75, 3.05) is 6.61 Å². The van der Waals surface area contributed by atoms with E-state index in [4.69, 9.17) is 4.74 Å². The topological polar surface area (TPSA) is 39.9 Å². The first-order chi connectivity index (χ1) is 5.24. The fourth-order valence-electron chi connectivity index (χ4n) is 0.702. The number of ether oxygens (including phenoxy) is 1. The maximum Gasteiger partial charge on any atom is 0.211 e. The van der Waals surface area contributed by atoms with Crippen LogP contribution in [0.2, 0.25) is 0 Å². The molecule has 0 atom stereocenters. The van der Waals surface area contributed by atoms with Gasteiger partial charge in [0, 0.05) is 36.2 Å². The van der Waals surface area contributed by atoms with Crippen LogP contribution in [0.5, 0.6) is 0 Å². The lowest BCUT2D eigenvalue weighted by molar-refractivity contribution is 0.125. The van der Waals surface area contributed by atoms with Crippen LogP contribution in [0.1, 0.15) is 12.7 Å². The van der Waals surface area contributed by atoms with Crippen LogP contribution in [0.3, 0.4) is 0 Å². The van der Waals surface area contributed by atoms with Gasteiger partial charge in [0.1, 0.15) is 6.61 Å². The van der Waals surface area contributed by atoms with Gasteiger partial charge in [-0.15, -0.1) is 5.10 Å². The summed E-state index contributed by atoms with van der Waals surface area (Å²) in [5, 5.41) is 4.08. The van der Waals surface area contributed by atoms with E-state index in [0.717, 1.165) is 9.66 Å². The summed E-state index contributed by atoms with van der Waals surface area (Å²) in [6.45, 7) is 3.22. The van der Waals surface area contributed by atoms with Crippen LogP contribution >= 0.6 is 22.6 Å². The molecule has 0 aliphatic heterocycles. The van der Waals surface area contributed by atoms with Crippen molar-refractivity contribution in [3.63, 3.8) is 0 Å². The summed E-state index contributed by atoms with van der Waals surface area (Å²) in [5.41, 5.74) is 0. The van der Waals surface area contributed by atoms with E-state index in [1.165, 1.54) is 0 Å². The highest BCUT2D eigenvalue weighted by atomic mass is 127. The molecular weight excluding hydrogens is 257 g/mol. The fraction of sp³-hybridized carbons (Fsp3) is 0.667. The van der Waals surface area contributed by atoms with Crippen molar-refractivity contribution in [1.29, 1.82) is 0 Å². The average Bonchev–Trinajstić information content (AvgIpc) is 2.26. The molecule has 4 nitrogen and oxygen atoms in total. The molecule has 0 fully saturated rings. The molecule has 0 saturated carbocycles. The minimum absolute atomic E-state index is 0.545. The highest BCUT2D eigenvalue weighted by molar-refractivity contribution is 14.1. The van der Waals surface area contributed by atoms with E-state index in [1.54, 1.807) is 4.68 Å². The summed E-state index contributed by atoms with van der Waals surface area (Å²) >= 11 is 2.08. The molecule has 0 aliphatic carbocycles. The first-order valence-corrected chi connectivity index (χ1v) is 4.45. The lowest BCUT2D eigenvalue weighted by Crippen LogP contribution is -2.01. The predicted octanol–water partition coefficient (Wildman–Crippen LogP) is 0.956. The third-order valence-corrected chi connectivity index (χ3v) is 1.72. The minimum Gasteiger partial charge on any atom is -0.374 e. The van der Waals surface area contributed by atoms with Crippen molar-refractivity contribution in [2.24, 2.45) is 7.05 Å². The van der Waals surface area contributed by atoms with Gasteiger partial charge in [-0.25, -0.2) is 9.67 Å². The molecule has 0 N–H and O–H groups in total. The van der Waals surface area contributed by atoms with E-state index in [1.807, 2.05) is 14.0 Å². The fourth-order valence-corrected chi connectivity index (χ4v) is 1.30. The molecule has 0 spiro atoms. The number of aryl methyl sites for hydroxylation is 1. The third-order valence-electron chi connectivity index (χ3n) is 1.26. The highest BCUT2D eigenvalue weighted by Gasteiger charge is 2.02. The number of aromatic nitrogens is 3. The van der Waals surface area contributed by atoms with E-state index in [9.17, 15) is 0 Å². The van der Waals surface area contributed by atoms with Gasteiger partial charge in [0.2, 0.25) is 3.83 Å². The first-order valence-electron chi connectivity index (χ1n) is 3.37. The van der Waals surface area contributed by atoms with Gasteiger partial charge < -0.3 is 4.74 Å².